The summed E-state index contributed by atoms with van der Waals surface area (Å²) < 4.78 is 9.86. The molecular formula is C22H24N2O5. The molecule has 29 heavy (non-hydrogen) atoms. The number of esters is 1. The summed E-state index contributed by atoms with van der Waals surface area (Å²) in [6.07, 6.45) is 0.624. The lowest BCUT2D eigenvalue weighted by atomic mass is 9.88. The number of aromatic hydroxyl groups is 1. The van der Waals surface area contributed by atoms with Crippen LogP contribution in [0.15, 0.2) is 42.5 Å². The summed E-state index contributed by atoms with van der Waals surface area (Å²) in [4.78, 5) is 27.7. The first-order valence-electron chi connectivity index (χ1n) is 9.21. The van der Waals surface area contributed by atoms with E-state index in [1.807, 2.05) is 31.2 Å². The number of fused-ring (bicyclic) bond motifs is 1. The number of nitrogens with two attached hydrogens (primary N) is 1. The van der Waals surface area contributed by atoms with Crippen molar-refractivity contribution in [2.24, 2.45) is 11.7 Å². The van der Waals surface area contributed by atoms with Crippen LogP contribution < -0.4 is 10.5 Å². The van der Waals surface area contributed by atoms with Crippen LogP contribution in [0.3, 0.4) is 0 Å². The van der Waals surface area contributed by atoms with Crippen molar-refractivity contribution in [3.8, 4) is 11.5 Å². The quantitative estimate of drug-likeness (QED) is 0.418. The van der Waals surface area contributed by atoms with Crippen LogP contribution in [0.1, 0.15) is 33.3 Å². The molecule has 7 nitrogen and oxygen atoms in total. The number of hydrogen-bond acceptors (Lipinski definition) is 6. The van der Waals surface area contributed by atoms with Gasteiger partial charge in [0, 0.05) is 10.9 Å². The molecule has 2 atom stereocenters. The number of phenols is 1. The average Bonchev–Trinajstić information content (AvgIpc) is 3.19. The summed E-state index contributed by atoms with van der Waals surface area (Å²) >= 11 is 0. The molecule has 0 spiro atoms. The van der Waals surface area contributed by atoms with Gasteiger partial charge in [-0.1, -0.05) is 19.1 Å². The summed E-state index contributed by atoms with van der Waals surface area (Å²) in [6, 6.07) is 11.3. The Morgan fingerprint density at radius 3 is 2.45 bits per heavy atom. The third-order valence-corrected chi connectivity index (χ3v) is 5.08. The van der Waals surface area contributed by atoms with Crippen LogP contribution in [0.25, 0.3) is 10.9 Å². The number of phenolic OH excluding ortho intramolecular Hbond substituents is 1. The monoisotopic (exact) mass is 396 g/mol. The van der Waals surface area contributed by atoms with Crippen molar-refractivity contribution in [1.82, 2.24) is 4.98 Å². The number of nitrogens with one attached hydrogen (secondary N) is 1. The van der Waals surface area contributed by atoms with Gasteiger partial charge in [0.2, 0.25) is 0 Å². The highest BCUT2D eigenvalue weighted by atomic mass is 16.5. The van der Waals surface area contributed by atoms with Gasteiger partial charge in [-0.15, -0.1) is 0 Å². The van der Waals surface area contributed by atoms with E-state index in [-0.39, 0.29) is 23.1 Å². The Bertz CT molecular complexity index is 1040. The highest BCUT2D eigenvalue weighted by Gasteiger charge is 2.26. The Kier molecular flexibility index (Phi) is 5.89. The summed E-state index contributed by atoms with van der Waals surface area (Å²) in [6.45, 7) is 1.92. The number of aromatic nitrogens is 1. The Morgan fingerprint density at radius 2 is 1.83 bits per heavy atom. The van der Waals surface area contributed by atoms with E-state index in [1.165, 1.54) is 25.3 Å². The standard InChI is InChI=1S/C22H24N2O5/c1-12(10-13-4-6-14(28-2)7-5-13)19(23)21(26)15-8-9-18(25)20-16(15)11-17(24-20)22(27)29-3/h4-9,11-12,19,24-25H,10,23H2,1-3H3. The average molecular weight is 396 g/mol. The molecule has 0 bridgehead atoms. The number of carbonyl (C=O) groups excluding carboxylic acids is 2. The molecule has 7 heteroatoms. The number of Topliss-reactive ketones (excluding diaryl/α,β-unsaturated/α-hetero) is 1. The highest BCUT2D eigenvalue weighted by molar-refractivity contribution is 6.12. The van der Waals surface area contributed by atoms with Gasteiger partial charge in [0.1, 0.15) is 17.2 Å². The maximum Gasteiger partial charge on any atom is 0.354 e. The third kappa shape index (κ3) is 4.09. The second-order valence-corrected chi connectivity index (χ2v) is 7.02. The van der Waals surface area contributed by atoms with E-state index in [2.05, 4.69) is 4.98 Å². The molecular weight excluding hydrogens is 372 g/mol. The fraction of sp³-hybridized carbons (Fsp3) is 0.273. The normalized spacial score (nSPS) is 13.1. The second-order valence-electron chi connectivity index (χ2n) is 7.02. The van der Waals surface area contributed by atoms with Crippen LogP contribution >= 0.6 is 0 Å². The number of H-pyrrole nitrogens is 1. The van der Waals surface area contributed by atoms with E-state index < -0.39 is 12.0 Å². The molecule has 1 aromatic heterocycles. The number of ether oxygens (including phenoxy) is 2. The summed E-state index contributed by atoms with van der Waals surface area (Å²) in [7, 11) is 2.87. The summed E-state index contributed by atoms with van der Waals surface area (Å²) in [5, 5.41) is 10.5. The Balaban J connectivity index is 1.86. The largest absolute Gasteiger partial charge is 0.506 e. The van der Waals surface area contributed by atoms with Crippen LogP contribution in [-0.4, -0.2) is 42.1 Å². The van der Waals surface area contributed by atoms with Gasteiger partial charge in [0.05, 0.1) is 25.8 Å². The lowest BCUT2D eigenvalue weighted by Crippen LogP contribution is -2.38. The topological polar surface area (TPSA) is 115 Å². The Morgan fingerprint density at radius 1 is 1.14 bits per heavy atom. The van der Waals surface area contributed by atoms with Gasteiger partial charge in [-0.2, -0.15) is 0 Å². The minimum atomic E-state index is -0.749. The SMILES string of the molecule is COC(=O)c1cc2c(C(=O)C(N)C(C)Cc3ccc(OC)cc3)ccc(O)c2[nH]1. The van der Waals surface area contributed by atoms with Gasteiger partial charge < -0.3 is 25.3 Å². The Labute approximate surface area is 168 Å². The van der Waals surface area contributed by atoms with Crippen molar-refractivity contribution >= 4 is 22.7 Å². The summed E-state index contributed by atoms with van der Waals surface area (Å²) in [5.41, 5.74) is 8.12. The Hall–Kier alpha value is -3.32. The molecule has 2 unspecified atom stereocenters. The van der Waals surface area contributed by atoms with E-state index in [4.69, 9.17) is 15.2 Å². The molecule has 2 aromatic carbocycles. The van der Waals surface area contributed by atoms with Crippen LogP contribution in [0.5, 0.6) is 11.5 Å². The molecule has 0 fully saturated rings. The van der Waals surface area contributed by atoms with Crippen LogP contribution in [-0.2, 0) is 11.2 Å². The van der Waals surface area contributed by atoms with E-state index in [0.29, 0.717) is 22.9 Å². The molecule has 152 valence electrons. The van der Waals surface area contributed by atoms with Gasteiger partial charge in [-0.25, -0.2) is 4.79 Å². The fourth-order valence-electron chi connectivity index (χ4n) is 3.34. The zero-order valence-corrected chi connectivity index (χ0v) is 16.6. The number of aromatic amines is 1. The lowest BCUT2D eigenvalue weighted by molar-refractivity contribution is 0.0595. The van der Waals surface area contributed by atoms with Crippen molar-refractivity contribution in [1.29, 1.82) is 0 Å². The van der Waals surface area contributed by atoms with Crippen LogP contribution in [0, 0.1) is 5.92 Å². The van der Waals surface area contributed by atoms with E-state index >= 15 is 0 Å². The van der Waals surface area contributed by atoms with E-state index in [1.54, 1.807) is 7.11 Å². The number of methoxy groups -OCH3 is 2. The van der Waals surface area contributed by atoms with Gasteiger partial charge >= 0.3 is 5.97 Å². The number of benzene rings is 2. The number of ketones is 1. The van der Waals surface area contributed by atoms with Gasteiger partial charge in [0.25, 0.3) is 0 Å². The molecule has 0 aliphatic rings. The molecule has 3 aromatic rings. The first-order chi connectivity index (χ1) is 13.8. The fourth-order valence-corrected chi connectivity index (χ4v) is 3.34. The second kappa shape index (κ2) is 8.36. The third-order valence-electron chi connectivity index (χ3n) is 5.08. The smallest absolute Gasteiger partial charge is 0.354 e. The highest BCUT2D eigenvalue weighted by Crippen LogP contribution is 2.30. The van der Waals surface area contributed by atoms with Gasteiger partial charge in [-0.05, 0) is 48.2 Å². The first-order valence-corrected chi connectivity index (χ1v) is 9.21. The molecule has 0 aliphatic heterocycles. The van der Waals surface area contributed by atoms with Gasteiger partial charge in [0.15, 0.2) is 5.78 Å². The van der Waals surface area contributed by atoms with Crippen LogP contribution in [0.2, 0.25) is 0 Å². The maximum absolute atomic E-state index is 13.1. The molecule has 3 rings (SSSR count). The minimum Gasteiger partial charge on any atom is -0.506 e. The van der Waals surface area contributed by atoms with Crippen molar-refractivity contribution in [3.63, 3.8) is 0 Å². The minimum absolute atomic E-state index is 0.0634. The predicted octanol–water partition coefficient (Wildman–Crippen LogP) is 3.06. The van der Waals surface area contributed by atoms with E-state index in [9.17, 15) is 14.7 Å². The molecule has 4 N–H and O–H groups in total. The molecule has 1 heterocycles. The molecule has 0 aliphatic carbocycles. The van der Waals surface area contributed by atoms with Crippen molar-refractivity contribution in [2.45, 2.75) is 19.4 Å². The molecule has 0 saturated heterocycles. The molecule has 0 saturated carbocycles. The zero-order chi connectivity index (χ0) is 21.1. The number of carbonyl (C=O) groups is 2. The molecule has 0 radical (unpaired) electrons. The van der Waals surface area contributed by atoms with Crippen molar-refractivity contribution in [3.05, 3.63) is 59.3 Å². The van der Waals surface area contributed by atoms with Gasteiger partial charge in [-0.3, -0.25) is 4.79 Å². The number of hydrogen-bond donors (Lipinski definition) is 3. The zero-order valence-electron chi connectivity index (χ0n) is 16.6. The first kappa shape index (κ1) is 20.4. The predicted molar refractivity (Wildman–Crippen MR) is 109 cm³/mol. The molecule has 0 amide bonds. The lowest BCUT2D eigenvalue weighted by Gasteiger charge is -2.19. The summed E-state index contributed by atoms with van der Waals surface area (Å²) in [5.74, 6) is -0.268. The van der Waals surface area contributed by atoms with E-state index in [0.717, 1.165) is 11.3 Å². The van der Waals surface area contributed by atoms with Crippen molar-refractivity contribution in [2.75, 3.05) is 14.2 Å². The van der Waals surface area contributed by atoms with Crippen molar-refractivity contribution < 1.29 is 24.2 Å². The van der Waals surface area contributed by atoms with Crippen LogP contribution in [0.4, 0.5) is 0 Å². The number of rotatable bonds is 7. The maximum atomic E-state index is 13.1.